The third-order valence-corrected chi connectivity index (χ3v) is 21.2. The maximum absolute atomic E-state index is 15.0. The topological polar surface area (TPSA) is 177 Å². The van der Waals surface area contributed by atoms with Gasteiger partial charge in [-0.05, 0) is 125 Å². The average molecular weight is 1030 g/mol. The van der Waals surface area contributed by atoms with Crippen LogP contribution >= 0.6 is 0 Å². The number of ether oxygens (including phenoxy) is 6. The number of methoxy groups -OCH3 is 3. The van der Waals surface area contributed by atoms with Gasteiger partial charge in [-0.3, -0.25) is 14.4 Å². The van der Waals surface area contributed by atoms with Crippen LogP contribution in [0.5, 0.6) is 0 Å². The number of cyclic esters (lactones) is 1. The van der Waals surface area contributed by atoms with Crippen molar-refractivity contribution in [2.75, 3.05) is 27.9 Å². The monoisotopic (exact) mass is 1030 g/mol. The van der Waals surface area contributed by atoms with Gasteiger partial charge in [0.15, 0.2) is 8.32 Å². The zero-order valence-electron chi connectivity index (χ0n) is 46.2. The molecule has 0 aromatic heterocycles. The number of benzene rings is 1. The summed E-state index contributed by atoms with van der Waals surface area (Å²) in [5.41, 5.74) is 3.63. The van der Waals surface area contributed by atoms with Crippen LogP contribution in [0.15, 0.2) is 47.6 Å². The molecule has 3 fully saturated rings. The van der Waals surface area contributed by atoms with Crippen LogP contribution in [0.4, 0.5) is 0 Å². The molecule has 1 aromatic rings. The lowest BCUT2D eigenvalue weighted by molar-refractivity contribution is -0.302. The Labute approximate surface area is 432 Å². The Kier molecular flexibility index (Phi) is 21.6. The van der Waals surface area contributed by atoms with E-state index in [2.05, 4.69) is 52.9 Å². The van der Waals surface area contributed by atoms with Crippen LogP contribution in [0.2, 0.25) is 18.1 Å². The Bertz CT molecular complexity index is 2050. The molecular formula is C57H91NO13Si. The van der Waals surface area contributed by atoms with Crippen molar-refractivity contribution in [1.29, 1.82) is 0 Å². The number of ketones is 2. The van der Waals surface area contributed by atoms with E-state index in [1.54, 1.807) is 28.3 Å². The number of hydrogen-bond donors (Lipinski definition) is 2. The van der Waals surface area contributed by atoms with Crippen molar-refractivity contribution in [1.82, 2.24) is 4.90 Å². The molecule has 1 saturated carbocycles. The molecule has 4 aliphatic rings. The molecule has 0 radical (unpaired) electrons. The van der Waals surface area contributed by atoms with Crippen molar-refractivity contribution >= 4 is 31.8 Å². The average Bonchev–Trinajstić information content (AvgIpc) is 3.34. The van der Waals surface area contributed by atoms with Crippen LogP contribution in [0.25, 0.3) is 0 Å². The highest BCUT2D eigenvalue weighted by Gasteiger charge is 2.57. The standard InChI is InChI=1S/C57H91NO13Si/c1-15-43-26-35(2)25-36(3)27-49(66-11)52-50(67-12)29-38(5)57(64,70-52)53(61)54(62)58-24-17-16-21-44(58)55(63)69-51(39(6)47(32-45(43)60)71-72(13,14)56(7,8)9)37(4)28-40-22-23-46(48(31-40)65-10)68-34-42-20-18-19-41(30-42)33-59/h18-20,26,28,30,36,38-40,43-44,46-52,59,64H,15-17,21-25,27,29,31-34H2,1-14H3. The van der Waals surface area contributed by atoms with Crippen LogP contribution in [0, 0.1) is 29.6 Å². The van der Waals surface area contributed by atoms with Gasteiger partial charge in [0.05, 0.1) is 43.7 Å². The van der Waals surface area contributed by atoms with Gasteiger partial charge in [-0.25, -0.2) is 4.79 Å². The summed E-state index contributed by atoms with van der Waals surface area (Å²) in [5, 5.41) is 21.7. The van der Waals surface area contributed by atoms with Crippen LogP contribution in [0.3, 0.4) is 0 Å². The third kappa shape index (κ3) is 14.6. The minimum absolute atomic E-state index is 0.0350. The molecule has 14 atom stereocenters. The smallest absolute Gasteiger partial charge is 0.329 e. The van der Waals surface area contributed by atoms with Crippen molar-refractivity contribution in [2.45, 2.75) is 219 Å². The molecule has 3 heterocycles. The van der Waals surface area contributed by atoms with Crippen molar-refractivity contribution in [2.24, 2.45) is 29.6 Å². The van der Waals surface area contributed by atoms with Crippen LogP contribution < -0.4 is 0 Å². The summed E-state index contributed by atoms with van der Waals surface area (Å²) < 4.78 is 44.8. The zero-order valence-corrected chi connectivity index (χ0v) is 47.2. The molecule has 15 heteroatoms. The molecule has 2 N–H and O–H groups in total. The normalized spacial score (nSPS) is 34.7. The van der Waals surface area contributed by atoms with E-state index in [1.165, 1.54) is 4.90 Å². The Morgan fingerprint density at radius 3 is 2.19 bits per heavy atom. The number of esters is 1. The lowest BCUT2D eigenvalue weighted by Gasteiger charge is -2.47. The molecule has 1 aliphatic carbocycles. The predicted molar refractivity (Wildman–Crippen MR) is 279 cm³/mol. The van der Waals surface area contributed by atoms with Gasteiger partial charge in [-0.15, -0.1) is 0 Å². The fourth-order valence-corrected chi connectivity index (χ4v) is 12.7. The molecule has 72 heavy (non-hydrogen) atoms. The lowest BCUT2D eigenvalue weighted by Crippen LogP contribution is -2.64. The molecule has 2 bridgehead atoms. The highest BCUT2D eigenvalue weighted by molar-refractivity contribution is 6.74. The van der Waals surface area contributed by atoms with Crippen LogP contribution in [-0.2, 0) is 65.2 Å². The summed E-state index contributed by atoms with van der Waals surface area (Å²) >= 11 is 0. The Hall–Kier alpha value is -3.12. The highest BCUT2D eigenvalue weighted by atomic mass is 28.4. The number of fused-ring (bicyclic) bond motifs is 3. The number of hydrogen-bond acceptors (Lipinski definition) is 13. The Morgan fingerprint density at radius 1 is 0.889 bits per heavy atom. The van der Waals surface area contributed by atoms with E-state index < -0.39 is 80.2 Å². The maximum Gasteiger partial charge on any atom is 0.329 e. The number of nitrogens with zero attached hydrogens (tertiary/aromatic N) is 1. The van der Waals surface area contributed by atoms with Crippen LogP contribution in [-0.4, -0.2) is 129 Å². The van der Waals surface area contributed by atoms with Crippen molar-refractivity contribution in [3.8, 4) is 0 Å². The summed E-state index contributed by atoms with van der Waals surface area (Å²) in [6.45, 7) is 23.1. The van der Waals surface area contributed by atoms with E-state index in [-0.39, 0.29) is 73.2 Å². The lowest BCUT2D eigenvalue weighted by atomic mass is 9.81. The second kappa shape index (κ2) is 26.1. The van der Waals surface area contributed by atoms with Crippen molar-refractivity contribution in [3.63, 3.8) is 0 Å². The van der Waals surface area contributed by atoms with E-state index in [9.17, 15) is 24.6 Å². The fourth-order valence-electron chi connectivity index (χ4n) is 11.3. The largest absolute Gasteiger partial charge is 0.456 e. The second-order valence-corrected chi connectivity index (χ2v) is 28.0. The zero-order chi connectivity index (χ0) is 53.3. The molecule has 14 unspecified atom stereocenters. The van der Waals surface area contributed by atoms with Crippen molar-refractivity contribution < 1.29 is 62.2 Å². The number of allylic oxidation sites excluding steroid dienone is 3. The number of piperidine rings is 1. The minimum Gasteiger partial charge on any atom is -0.456 e. The highest BCUT2D eigenvalue weighted by Crippen LogP contribution is 2.42. The van der Waals surface area contributed by atoms with E-state index in [0.29, 0.717) is 45.1 Å². The number of aliphatic hydroxyl groups excluding tert-OH is 1. The quantitative estimate of drug-likeness (QED) is 0.0878. The number of carbonyl (C=O) groups excluding carboxylic acids is 4. The molecule has 1 amide bonds. The summed E-state index contributed by atoms with van der Waals surface area (Å²) in [6, 6.07) is 6.60. The second-order valence-electron chi connectivity index (χ2n) is 23.3. The van der Waals surface area contributed by atoms with E-state index >= 15 is 4.79 Å². The molecule has 1 aromatic carbocycles. The summed E-state index contributed by atoms with van der Waals surface area (Å²) in [7, 11) is 2.25. The van der Waals surface area contributed by atoms with Gasteiger partial charge in [0.2, 0.25) is 5.79 Å². The molecule has 5 rings (SSSR count). The molecular weight excluding hydrogens is 935 g/mol. The molecule has 406 valence electrons. The Balaban J connectivity index is 1.57. The van der Waals surface area contributed by atoms with Gasteiger partial charge in [0, 0.05) is 52.0 Å². The maximum atomic E-state index is 15.0. The minimum atomic E-state index is -2.56. The van der Waals surface area contributed by atoms with Gasteiger partial charge in [-0.1, -0.05) is 90.5 Å². The number of Topliss-reactive ketones (excluding diaryl/α,β-unsaturated/α-hetero) is 2. The number of carbonyl (C=O) groups is 4. The predicted octanol–water partition coefficient (Wildman–Crippen LogP) is 9.22. The molecule has 14 nitrogen and oxygen atoms in total. The Morgan fingerprint density at radius 2 is 1.56 bits per heavy atom. The summed E-state index contributed by atoms with van der Waals surface area (Å²) in [5.74, 6) is -6.92. The van der Waals surface area contributed by atoms with Gasteiger partial charge < -0.3 is 48.0 Å². The fraction of sp³-hybridized carbons (Fsp3) is 0.754. The van der Waals surface area contributed by atoms with Gasteiger partial charge >= 0.3 is 5.97 Å². The third-order valence-electron chi connectivity index (χ3n) is 16.7. The number of rotatable bonds is 12. The first-order valence-electron chi connectivity index (χ1n) is 26.8. The number of amides is 1. The van der Waals surface area contributed by atoms with Crippen molar-refractivity contribution in [3.05, 3.63) is 58.7 Å². The van der Waals surface area contributed by atoms with E-state index in [4.69, 9.17) is 32.8 Å². The first-order chi connectivity index (χ1) is 33.9. The first kappa shape index (κ1) is 59.7. The summed E-state index contributed by atoms with van der Waals surface area (Å²) in [4.78, 5) is 60.3. The summed E-state index contributed by atoms with van der Waals surface area (Å²) in [6.07, 6.45) is 5.96. The molecule has 3 aliphatic heterocycles. The molecule has 0 spiro atoms. The van der Waals surface area contributed by atoms with Gasteiger partial charge in [-0.2, -0.15) is 0 Å². The van der Waals surface area contributed by atoms with E-state index in [0.717, 1.165) is 35.1 Å². The number of aliphatic hydroxyl groups is 2. The van der Waals surface area contributed by atoms with Gasteiger partial charge in [0.1, 0.15) is 24.0 Å². The van der Waals surface area contributed by atoms with Gasteiger partial charge in [0.25, 0.3) is 11.7 Å². The van der Waals surface area contributed by atoms with E-state index in [1.807, 2.05) is 52.0 Å². The SMILES string of the molecule is CCC1C=C(C)CC(C)CC(OC)C2OC(O)(C(=O)C(=O)N3CCCCC3C(=O)OC(C(C)=CC3CCC(OCc4cccc(CO)c4)C(OC)C3)C(C)C(O[Si](C)(C)C(C)(C)C)CC1=O)C(C)CC2OC. The molecule has 2 saturated heterocycles. The van der Waals surface area contributed by atoms with Crippen LogP contribution in [0.1, 0.15) is 144 Å². The first-order valence-corrected chi connectivity index (χ1v) is 29.7.